The van der Waals surface area contributed by atoms with Crippen molar-refractivity contribution >= 4 is 11.6 Å². The van der Waals surface area contributed by atoms with Gasteiger partial charge in [0, 0.05) is 12.3 Å². The molecule has 0 aliphatic carbocycles. The van der Waals surface area contributed by atoms with Crippen LogP contribution in [0.3, 0.4) is 0 Å². The Morgan fingerprint density at radius 1 is 0.769 bits per heavy atom. The molecule has 0 saturated heterocycles. The van der Waals surface area contributed by atoms with Crippen molar-refractivity contribution in [3.63, 3.8) is 0 Å². The summed E-state index contributed by atoms with van der Waals surface area (Å²) in [6.07, 6.45) is 0.0342. The maximum atomic E-state index is 13.8. The van der Waals surface area contributed by atoms with Crippen molar-refractivity contribution in [1.82, 2.24) is 0 Å². The van der Waals surface area contributed by atoms with Crippen LogP contribution >= 0.6 is 0 Å². The third-order valence-corrected chi connectivity index (χ3v) is 4.10. The van der Waals surface area contributed by atoms with Gasteiger partial charge in [-0.15, -0.1) is 0 Å². The zero-order valence-corrected chi connectivity index (χ0v) is 13.8. The molecule has 3 rings (SSSR count). The van der Waals surface area contributed by atoms with Crippen LogP contribution in [0.2, 0.25) is 0 Å². The summed E-state index contributed by atoms with van der Waals surface area (Å²) in [5.41, 5.74) is 1.48. The summed E-state index contributed by atoms with van der Waals surface area (Å²) in [7, 11) is 0. The fourth-order valence-corrected chi connectivity index (χ4v) is 2.81. The van der Waals surface area contributed by atoms with E-state index in [1.807, 2.05) is 60.7 Å². The number of carbonyl (C=O) groups excluding carboxylic acids is 1. The minimum Gasteiger partial charge on any atom is -0.323 e. The maximum absolute atomic E-state index is 13.8. The highest BCUT2D eigenvalue weighted by Gasteiger charge is 2.20. The molecule has 0 unspecified atom stereocenters. The molecule has 0 aliphatic rings. The van der Waals surface area contributed by atoms with Gasteiger partial charge in [-0.05, 0) is 23.3 Å². The van der Waals surface area contributed by atoms with Crippen molar-refractivity contribution in [2.45, 2.75) is 12.3 Å². The van der Waals surface area contributed by atoms with Gasteiger partial charge in [0.15, 0.2) is 17.5 Å². The average molecular weight is 355 g/mol. The Morgan fingerprint density at radius 2 is 1.31 bits per heavy atom. The van der Waals surface area contributed by atoms with Crippen molar-refractivity contribution in [3.8, 4) is 0 Å². The Morgan fingerprint density at radius 3 is 1.85 bits per heavy atom. The quantitative estimate of drug-likeness (QED) is 0.621. The van der Waals surface area contributed by atoms with E-state index in [-0.39, 0.29) is 18.0 Å². The van der Waals surface area contributed by atoms with Gasteiger partial charge in [-0.1, -0.05) is 60.7 Å². The third-order valence-electron chi connectivity index (χ3n) is 4.10. The highest BCUT2D eigenvalue weighted by molar-refractivity contribution is 5.91. The molecule has 0 aliphatic heterocycles. The summed E-state index contributed by atoms with van der Waals surface area (Å²) in [6.45, 7) is 0. The minimum atomic E-state index is -1.61. The molecule has 0 fully saturated rings. The van der Waals surface area contributed by atoms with Crippen LogP contribution in [0.1, 0.15) is 23.5 Å². The van der Waals surface area contributed by atoms with E-state index < -0.39 is 23.4 Å². The highest BCUT2D eigenvalue weighted by atomic mass is 19.2. The molecule has 0 bridgehead atoms. The number of halogens is 3. The standard InChI is InChI=1S/C21H16F3NO/c22-17-11-12-18(21(24)20(17)23)25-19(26)13-16(14-7-3-1-4-8-14)15-9-5-2-6-10-15/h1-12,16H,13H2,(H,25,26). The van der Waals surface area contributed by atoms with Gasteiger partial charge in [-0.25, -0.2) is 13.2 Å². The largest absolute Gasteiger partial charge is 0.323 e. The average Bonchev–Trinajstić information content (AvgIpc) is 2.68. The highest BCUT2D eigenvalue weighted by Crippen LogP contribution is 2.29. The second-order valence-corrected chi connectivity index (χ2v) is 5.85. The molecular formula is C21H16F3NO. The lowest BCUT2D eigenvalue weighted by molar-refractivity contribution is -0.116. The normalized spacial score (nSPS) is 10.8. The zero-order chi connectivity index (χ0) is 18.5. The van der Waals surface area contributed by atoms with Gasteiger partial charge in [0.05, 0.1) is 5.69 Å². The van der Waals surface area contributed by atoms with Crippen LogP contribution in [-0.4, -0.2) is 5.91 Å². The summed E-state index contributed by atoms with van der Waals surface area (Å²) < 4.78 is 40.1. The predicted octanol–water partition coefficient (Wildman–Crippen LogP) is 5.26. The molecule has 0 saturated carbocycles. The lowest BCUT2D eigenvalue weighted by Crippen LogP contribution is -2.17. The molecule has 0 heterocycles. The van der Waals surface area contributed by atoms with Crippen molar-refractivity contribution in [3.05, 3.63) is 101 Å². The number of nitrogens with one attached hydrogen (secondary N) is 1. The van der Waals surface area contributed by atoms with E-state index >= 15 is 0 Å². The Hall–Kier alpha value is -3.08. The third kappa shape index (κ3) is 3.94. The Bertz CT molecular complexity index is 858. The molecule has 0 spiro atoms. The molecule has 0 atom stereocenters. The van der Waals surface area contributed by atoms with Gasteiger partial charge in [-0.3, -0.25) is 4.79 Å². The number of hydrogen-bond acceptors (Lipinski definition) is 1. The first kappa shape index (κ1) is 17.7. The number of hydrogen-bond donors (Lipinski definition) is 1. The van der Waals surface area contributed by atoms with Gasteiger partial charge in [0.1, 0.15) is 0 Å². The predicted molar refractivity (Wildman–Crippen MR) is 94.3 cm³/mol. The lowest BCUT2D eigenvalue weighted by Gasteiger charge is -2.18. The van der Waals surface area contributed by atoms with Crippen molar-refractivity contribution < 1.29 is 18.0 Å². The van der Waals surface area contributed by atoms with Crippen LogP contribution in [0.25, 0.3) is 0 Å². The van der Waals surface area contributed by atoms with Crippen molar-refractivity contribution in [2.75, 3.05) is 5.32 Å². The van der Waals surface area contributed by atoms with E-state index in [2.05, 4.69) is 5.32 Å². The first-order chi connectivity index (χ1) is 12.6. The van der Waals surface area contributed by atoms with Gasteiger partial charge in [0.25, 0.3) is 0 Å². The molecule has 3 aromatic rings. The molecule has 3 aromatic carbocycles. The molecule has 1 amide bonds. The van der Waals surface area contributed by atoms with Crippen LogP contribution in [0.5, 0.6) is 0 Å². The van der Waals surface area contributed by atoms with Gasteiger partial charge in [0.2, 0.25) is 5.91 Å². The van der Waals surface area contributed by atoms with Crippen LogP contribution in [0.15, 0.2) is 72.8 Å². The number of amides is 1. The van der Waals surface area contributed by atoms with Gasteiger partial charge < -0.3 is 5.32 Å². The lowest BCUT2D eigenvalue weighted by atomic mass is 9.88. The zero-order valence-electron chi connectivity index (χ0n) is 13.8. The van der Waals surface area contributed by atoms with Crippen molar-refractivity contribution in [1.29, 1.82) is 0 Å². The second kappa shape index (κ2) is 7.87. The molecule has 5 heteroatoms. The molecular weight excluding hydrogens is 339 g/mol. The van der Waals surface area contributed by atoms with Crippen LogP contribution in [-0.2, 0) is 4.79 Å². The first-order valence-electron chi connectivity index (χ1n) is 8.09. The first-order valence-corrected chi connectivity index (χ1v) is 8.09. The summed E-state index contributed by atoms with van der Waals surface area (Å²) in [6, 6.07) is 20.7. The summed E-state index contributed by atoms with van der Waals surface area (Å²) in [5, 5.41) is 2.33. The van der Waals surface area contributed by atoms with E-state index in [4.69, 9.17) is 0 Å². The Balaban J connectivity index is 1.83. The number of carbonyl (C=O) groups is 1. The minimum absolute atomic E-state index is 0.0342. The Kier molecular flexibility index (Phi) is 5.37. The van der Waals surface area contributed by atoms with Crippen molar-refractivity contribution in [2.24, 2.45) is 0 Å². The van der Waals surface area contributed by atoms with Gasteiger partial charge in [-0.2, -0.15) is 0 Å². The SMILES string of the molecule is O=C(CC(c1ccccc1)c1ccccc1)Nc1ccc(F)c(F)c1F. The van der Waals surface area contributed by atoms with E-state index in [0.717, 1.165) is 23.3 Å². The molecule has 2 nitrogen and oxygen atoms in total. The van der Waals surface area contributed by atoms with E-state index in [1.165, 1.54) is 0 Å². The number of benzene rings is 3. The molecule has 26 heavy (non-hydrogen) atoms. The van der Waals surface area contributed by atoms with Crippen LogP contribution < -0.4 is 5.32 Å². The molecule has 1 N–H and O–H groups in total. The molecule has 0 radical (unpaired) electrons. The number of rotatable bonds is 5. The number of anilines is 1. The monoisotopic (exact) mass is 355 g/mol. The second-order valence-electron chi connectivity index (χ2n) is 5.85. The van der Waals surface area contributed by atoms with E-state index in [0.29, 0.717) is 0 Å². The van der Waals surface area contributed by atoms with Crippen LogP contribution in [0, 0.1) is 17.5 Å². The van der Waals surface area contributed by atoms with E-state index in [9.17, 15) is 18.0 Å². The van der Waals surface area contributed by atoms with E-state index in [1.54, 1.807) is 0 Å². The smallest absolute Gasteiger partial charge is 0.225 e. The maximum Gasteiger partial charge on any atom is 0.225 e. The molecule has 132 valence electrons. The fourth-order valence-electron chi connectivity index (χ4n) is 2.81. The Labute approximate surface area is 149 Å². The van der Waals surface area contributed by atoms with Crippen LogP contribution in [0.4, 0.5) is 18.9 Å². The summed E-state index contributed by atoms with van der Waals surface area (Å²) in [5.74, 6) is -5.05. The fraction of sp³-hybridized carbons (Fsp3) is 0.0952. The topological polar surface area (TPSA) is 29.1 Å². The van der Waals surface area contributed by atoms with Gasteiger partial charge >= 0.3 is 0 Å². The molecule has 0 aromatic heterocycles. The summed E-state index contributed by atoms with van der Waals surface area (Å²) in [4.78, 5) is 12.4. The summed E-state index contributed by atoms with van der Waals surface area (Å²) >= 11 is 0.